The quantitative estimate of drug-likeness (QED) is 0.364. The molecule has 2 aromatic carbocycles. The number of fused-ring (bicyclic) bond motifs is 1. The SMILES string of the molecule is CCN(Cc1nc2ccccc2c(=O)[nH]1)C(=O)c1nnn(-c2cccc([N+](=O)[O-])c2)c1C. The minimum Gasteiger partial charge on any atom is -0.330 e. The smallest absolute Gasteiger partial charge is 0.276 e. The second-order valence-corrected chi connectivity index (χ2v) is 7.06. The van der Waals surface area contributed by atoms with Gasteiger partial charge in [-0.15, -0.1) is 5.10 Å². The van der Waals surface area contributed by atoms with E-state index in [2.05, 4.69) is 20.3 Å². The maximum Gasteiger partial charge on any atom is 0.276 e. The summed E-state index contributed by atoms with van der Waals surface area (Å²) in [5, 5.41) is 19.5. The first-order chi connectivity index (χ1) is 15.4. The number of nitro benzene ring substituents is 1. The number of nitrogens with zero attached hydrogens (tertiary/aromatic N) is 6. The zero-order chi connectivity index (χ0) is 22.8. The molecular formula is C21H19N7O4. The van der Waals surface area contributed by atoms with Crippen molar-refractivity contribution in [1.82, 2.24) is 29.9 Å². The summed E-state index contributed by atoms with van der Waals surface area (Å²) in [5.74, 6) is -0.0369. The van der Waals surface area contributed by atoms with Gasteiger partial charge in [0, 0.05) is 18.7 Å². The number of non-ortho nitro benzene ring substituents is 1. The Morgan fingerprint density at radius 3 is 2.75 bits per heavy atom. The first-order valence-corrected chi connectivity index (χ1v) is 9.83. The molecule has 2 heterocycles. The third-order valence-corrected chi connectivity index (χ3v) is 5.05. The second kappa shape index (κ2) is 8.38. The zero-order valence-corrected chi connectivity index (χ0v) is 17.3. The van der Waals surface area contributed by atoms with Gasteiger partial charge >= 0.3 is 0 Å². The van der Waals surface area contributed by atoms with Crippen molar-refractivity contribution in [2.75, 3.05) is 6.54 Å². The second-order valence-electron chi connectivity index (χ2n) is 7.06. The van der Waals surface area contributed by atoms with Crippen LogP contribution < -0.4 is 5.56 Å². The van der Waals surface area contributed by atoms with Crippen LogP contribution in [-0.2, 0) is 6.54 Å². The third-order valence-electron chi connectivity index (χ3n) is 5.05. The Kier molecular flexibility index (Phi) is 5.46. The lowest BCUT2D eigenvalue weighted by Gasteiger charge is -2.19. The summed E-state index contributed by atoms with van der Waals surface area (Å²) < 4.78 is 1.38. The van der Waals surface area contributed by atoms with E-state index in [0.29, 0.717) is 34.7 Å². The number of nitrogens with one attached hydrogen (secondary N) is 1. The number of carbonyl (C=O) groups is 1. The average molecular weight is 433 g/mol. The number of hydrogen-bond acceptors (Lipinski definition) is 7. The van der Waals surface area contributed by atoms with Gasteiger partial charge in [-0.05, 0) is 32.0 Å². The number of rotatable bonds is 6. The molecule has 2 aromatic heterocycles. The zero-order valence-electron chi connectivity index (χ0n) is 17.3. The van der Waals surface area contributed by atoms with Crippen LogP contribution in [-0.4, -0.2) is 47.2 Å². The molecule has 162 valence electrons. The Morgan fingerprint density at radius 1 is 1.22 bits per heavy atom. The predicted molar refractivity (Wildman–Crippen MR) is 116 cm³/mol. The summed E-state index contributed by atoms with van der Waals surface area (Å²) in [6, 6.07) is 12.9. The molecule has 0 aliphatic heterocycles. The molecule has 0 fully saturated rings. The van der Waals surface area contributed by atoms with E-state index in [4.69, 9.17) is 0 Å². The van der Waals surface area contributed by atoms with Gasteiger partial charge in [0.1, 0.15) is 5.82 Å². The van der Waals surface area contributed by atoms with E-state index in [-0.39, 0.29) is 23.5 Å². The monoisotopic (exact) mass is 433 g/mol. The average Bonchev–Trinajstić information content (AvgIpc) is 3.18. The van der Waals surface area contributed by atoms with E-state index in [9.17, 15) is 19.7 Å². The van der Waals surface area contributed by atoms with Gasteiger partial charge in [-0.25, -0.2) is 9.67 Å². The molecule has 1 amide bonds. The van der Waals surface area contributed by atoms with Gasteiger partial charge in [-0.2, -0.15) is 0 Å². The minimum absolute atomic E-state index is 0.0819. The van der Waals surface area contributed by atoms with E-state index < -0.39 is 10.8 Å². The topological polar surface area (TPSA) is 140 Å². The van der Waals surface area contributed by atoms with Crippen molar-refractivity contribution >= 4 is 22.5 Å². The van der Waals surface area contributed by atoms with Crippen molar-refractivity contribution in [3.63, 3.8) is 0 Å². The standard InChI is InChI=1S/C21H19N7O4/c1-3-26(12-18-22-17-10-5-4-9-16(17)20(29)23-18)21(30)19-13(2)27(25-24-19)14-7-6-8-15(11-14)28(31)32/h4-11H,3,12H2,1-2H3,(H,22,23,29). The van der Waals surface area contributed by atoms with Crippen LogP contribution in [0.15, 0.2) is 53.3 Å². The molecule has 0 saturated carbocycles. The Bertz CT molecular complexity index is 1390. The molecule has 4 rings (SSSR count). The number of hydrogen-bond donors (Lipinski definition) is 1. The van der Waals surface area contributed by atoms with Gasteiger partial charge in [0.15, 0.2) is 5.69 Å². The van der Waals surface area contributed by atoms with Crippen LogP contribution in [0.1, 0.15) is 28.9 Å². The lowest BCUT2D eigenvalue weighted by atomic mass is 10.2. The fraction of sp³-hybridized carbons (Fsp3) is 0.190. The van der Waals surface area contributed by atoms with Crippen molar-refractivity contribution in [2.24, 2.45) is 0 Å². The van der Waals surface area contributed by atoms with Gasteiger partial charge < -0.3 is 9.88 Å². The summed E-state index contributed by atoms with van der Waals surface area (Å²) in [7, 11) is 0. The molecule has 0 unspecified atom stereocenters. The molecule has 0 radical (unpaired) electrons. The summed E-state index contributed by atoms with van der Waals surface area (Å²) in [6.07, 6.45) is 0. The van der Waals surface area contributed by atoms with Gasteiger partial charge in [-0.1, -0.05) is 23.4 Å². The number of amides is 1. The molecule has 0 aliphatic rings. The number of para-hydroxylation sites is 1. The van der Waals surface area contributed by atoms with E-state index in [0.717, 1.165) is 0 Å². The molecule has 0 atom stereocenters. The largest absolute Gasteiger partial charge is 0.330 e. The third kappa shape index (κ3) is 3.83. The molecule has 1 N–H and O–H groups in total. The van der Waals surface area contributed by atoms with E-state index in [1.807, 2.05) is 0 Å². The van der Waals surface area contributed by atoms with Crippen LogP contribution in [0.25, 0.3) is 16.6 Å². The van der Waals surface area contributed by atoms with Crippen LogP contribution >= 0.6 is 0 Å². The summed E-state index contributed by atoms with van der Waals surface area (Å²) in [4.78, 5) is 44.7. The Hall–Kier alpha value is -4.41. The van der Waals surface area contributed by atoms with Crippen molar-refractivity contribution in [3.8, 4) is 5.69 Å². The predicted octanol–water partition coefficient (Wildman–Crippen LogP) is 2.38. The molecule has 11 heteroatoms. The highest BCUT2D eigenvalue weighted by Crippen LogP contribution is 2.19. The summed E-state index contributed by atoms with van der Waals surface area (Å²) in [6.45, 7) is 3.89. The molecular weight excluding hydrogens is 414 g/mol. The Morgan fingerprint density at radius 2 is 2.00 bits per heavy atom. The van der Waals surface area contributed by atoms with Crippen molar-refractivity contribution < 1.29 is 9.72 Å². The van der Waals surface area contributed by atoms with E-state index in [1.54, 1.807) is 44.2 Å². The van der Waals surface area contributed by atoms with Crippen molar-refractivity contribution in [2.45, 2.75) is 20.4 Å². The summed E-state index contributed by atoms with van der Waals surface area (Å²) in [5.41, 5.74) is 1.15. The normalized spacial score (nSPS) is 10.9. The van der Waals surface area contributed by atoms with Crippen LogP contribution in [0.2, 0.25) is 0 Å². The molecule has 11 nitrogen and oxygen atoms in total. The van der Waals surface area contributed by atoms with Crippen molar-refractivity contribution in [3.05, 3.63) is 86.2 Å². The van der Waals surface area contributed by atoms with Gasteiger partial charge in [0.05, 0.1) is 33.8 Å². The fourth-order valence-electron chi connectivity index (χ4n) is 3.38. The number of H-pyrrole nitrogens is 1. The maximum absolute atomic E-state index is 13.2. The van der Waals surface area contributed by atoms with Crippen LogP contribution in [0.3, 0.4) is 0 Å². The first kappa shape index (κ1) is 20.8. The van der Waals surface area contributed by atoms with Crippen LogP contribution in [0.5, 0.6) is 0 Å². The van der Waals surface area contributed by atoms with Gasteiger partial charge in [0.25, 0.3) is 17.2 Å². The lowest BCUT2D eigenvalue weighted by Crippen LogP contribution is -2.32. The summed E-state index contributed by atoms with van der Waals surface area (Å²) >= 11 is 0. The Labute approximate surface area is 181 Å². The van der Waals surface area contributed by atoms with Gasteiger partial charge in [0.2, 0.25) is 0 Å². The lowest BCUT2D eigenvalue weighted by molar-refractivity contribution is -0.384. The fourth-order valence-corrected chi connectivity index (χ4v) is 3.38. The minimum atomic E-state index is -0.502. The van der Waals surface area contributed by atoms with Gasteiger partial charge in [-0.3, -0.25) is 19.7 Å². The highest BCUT2D eigenvalue weighted by atomic mass is 16.6. The number of benzene rings is 2. The Balaban J connectivity index is 1.63. The van der Waals surface area contributed by atoms with Crippen molar-refractivity contribution in [1.29, 1.82) is 0 Å². The van der Waals surface area contributed by atoms with E-state index in [1.165, 1.54) is 27.8 Å². The molecule has 32 heavy (non-hydrogen) atoms. The molecule has 0 bridgehead atoms. The van der Waals surface area contributed by atoms with Crippen LogP contribution in [0, 0.1) is 17.0 Å². The number of nitro groups is 1. The van der Waals surface area contributed by atoms with Crippen LogP contribution in [0.4, 0.5) is 5.69 Å². The first-order valence-electron chi connectivity index (χ1n) is 9.83. The molecule has 0 spiro atoms. The van der Waals surface area contributed by atoms with E-state index >= 15 is 0 Å². The maximum atomic E-state index is 13.2. The molecule has 0 saturated heterocycles. The number of aromatic nitrogens is 5. The number of carbonyl (C=O) groups excluding carboxylic acids is 1. The molecule has 4 aromatic rings. The highest BCUT2D eigenvalue weighted by molar-refractivity contribution is 5.93. The molecule has 0 aliphatic carbocycles. The number of aromatic amines is 1. The highest BCUT2D eigenvalue weighted by Gasteiger charge is 2.23.